The summed E-state index contributed by atoms with van der Waals surface area (Å²) >= 11 is 25.4. The number of halogens is 4. The van der Waals surface area contributed by atoms with Gasteiger partial charge in [0.05, 0.1) is 45.4 Å². The van der Waals surface area contributed by atoms with Gasteiger partial charge in [-0.25, -0.2) is 4.98 Å². The first-order valence-corrected chi connectivity index (χ1v) is 23.3. The van der Waals surface area contributed by atoms with Gasteiger partial charge in [0.2, 0.25) is 5.95 Å². The molecular formula is C39H40Cl4N8O9S2. The first-order valence-electron chi connectivity index (χ1n) is 18.7. The number of methoxy groups -OCH3 is 1. The Kier molecular flexibility index (Phi) is 17.7. The molecule has 0 fully saturated rings. The molecule has 0 unspecified atom stereocenters. The molecule has 17 nitrogen and oxygen atoms in total. The van der Waals surface area contributed by atoms with Gasteiger partial charge in [-0.15, -0.1) is 10.2 Å². The molecule has 0 amide bonds. The van der Waals surface area contributed by atoms with Crippen LogP contribution in [0.1, 0.15) is 49.0 Å². The summed E-state index contributed by atoms with van der Waals surface area (Å²) in [4.78, 5) is 13.6. The molecule has 4 aromatic carbocycles. The van der Waals surface area contributed by atoms with E-state index >= 15 is 0 Å². The second kappa shape index (κ2) is 22.7. The molecule has 0 saturated carbocycles. The van der Waals surface area contributed by atoms with E-state index in [-0.39, 0.29) is 59.0 Å². The van der Waals surface area contributed by atoms with Crippen molar-refractivity contribution in [2.24, 2.45) is 20.5 Å². The van der Waals surface area contributed by atoms with Crippen LogP contribution in [0.5, 0.6) is 11.5 Å². The number of nitrogens with one attached hydrogen (secondary N) is 1. The van der Waals surface area contributed by atoms with Gasteiger partial charge in [0.25, 0.3) is 20.2 Å². The lowest BCUT2D eigenvalue weighted by Gasteiger charge is -2.15. The highest BCUT2D eigenvalue weighted by Crippen LogP contribution is 2.38. The van der Waals surface area contributed by atoms with Crippen LogP contribution in [0, 0.1) is 0 Å². The third kappa shape index (κ3) is 15.1. The fourth-order valence-corrected chi connectivity index (χ4v) is 7.50. The van der Waals surface area contributed by atoms with Crippen molar-refractivity contribution in [3.63, 3.8) is 0 Å². The molecule has 23 heteroatoms. The molecule has 330 valence electrons. The standard InChI is InChI=1S/C39H40Cl4N8O9S2/c1-3-13-59-34-22-32(50-48-27-8-6-26(40)7-9-27)30(42)17-24(34)19-37-45-38(47-39(46-37)44-12-4-14-58-2)20-25-18-31(43)33(23-35(25)60-15-5-16-61(52,53)54)51-49-28-10-11-29(41)36(21-28)62(55,56)57/h6-11,17-18,21-23H,3-5,12-16,19-20H2,1-2H3,(H,52,53,54)(H,55,56,57)(H,44,45,46,47). The van der Waals surface area contributed by atoms with Crippen LogP contribution in [0.4, 0.5) is 28.7 Å². The Morgan fingerprint density at radius 2 is 1.23 bits per heavy atom. The summed E-state index contributed by atoms with van der Waals surface area (Å²) in [5.41, 5.74) is 2.22. The average molecular weight is 971 g/mol. The van der Waals surface area contributed by atoms with Gasteiger partial charge in [-0.2, -0.15) is 37.0 Å². The van der Waals surface area contributed by atoms with Crippen molar-refractivity contribution in [2.75, 3.05) is 44.5 Å². The number of aromatic nitrogens is 3. The van der Waals surface area contributed by atoms with Crippen LogP contribution < -0.4 is 14.8 Å². The maximum absolute atomic E-state index is 11.8. The number of nitrogens with zero attached hydrogens (tertiary/aromatic N) is 7. The molecule has 1 heterocycles. The number of hydrogen-bond donors (Lipinski definition) is 3. The highest BCUT2D eigenvalue weighted by atomic mass is 35.5. The fraction of sp³-hybridized carbons (Fsp3) is 0.308. The minimum atomic E-state index is -4.66. The summed E-state index contributed by atoms with van der Waals surface area (Å²) in [5, 5.41) is 20.8. The van der Waals surface area contributed by atoms with E-state index < -0.39 is 30.9 Å². The maximum atomic E-state index is 11.8. The van der Waals surface area contributed by atoms with Crippen molar-refractivity contribution >= 4 is 95.3 Å². The van der Waals surface area contributed by atoms with E-state index in [9.17, 15) is 25.9 Å². The van der Waals surface area contributed by atoms with Gasteiger partial charge in [-0.05, 0) is 73.9 Å². The summed E-state index contributed by atoms with van der Waals surface area (Å²) in [6.07, 6.45) is 1.53. The average Bonchev–Trinajstić information content (AvgIpc) is 3.21. The molecule has 5 rings (SSSR count). The zero-order valence-electron chi connectivity index (χ0n) is 33.1. The number of azo groups is 2. The third-order valence-corrected chi connectivity index (χ3v) is 11.3. The van der Waals surface area contributed by atoms with Gasteiger partial charge in [-0.3, -0.25) is 9.11 Å². The van der Waals surface area contributed by atoms with E-state index in [1.165, 1.54) is 18.2 Å². The predicted molar refractivity (Wildman–Crippen MR) is 237 cm³/mol. The predicted octanol–water partition coefficient (Wildman–Crippen LogP) is 10.6. The number of benzene rings is 4. The minimum Gasteiger partial charge on any atom is -0.493 e. The topological polar surface area (TPSA) is 237 Å². The monoisotopic (exact) mass is 968 g/mol. The molecule has 0 spiro atoms. The van der Waals surface area contributed by atoms with E-state index in [1.807, 2.05) is 6.92 Å². The Balaban J connectivity index is 1.51. The van der Waals surface area contributed by atoms with Crippen molar-refractivity contribution in [3.8, 4) is 11.5 Å². The van der Waals surface area contributed by atoms with Crippen molar-refractivity contribution in [3.05, 3.63) is 110 Å². The van der Waals surface area contributed by atoms with E-state index in [0.29, 0.717) is 76.1 Å². The zero-order chi connectivity index (χ0) is 44.9. The second-order valence-electron chi connectivity index (χ2n) is 13.2. The van der Waals surface area contributed by atoms with Crippen molar-refractivity contribution < 1.29 is 40.2 Å². The number of rotatable bonds is 22. The SMILES string of the molecule is CCCOc1cc(N=Nc2ccc(Cl)cc2)c(Cl)cc1Cc1nc(Cc2cc(Cl)c(N=Nc3ccc(Cl)c(S(=O)(=O)O)c3)cc2OCCCS(=O)(=O)O)nc(NCCCOC)n1. The lowest BCUT2D eigenvalue weighted by Crippen LogP contribution is -2.13. The van der Waals surface area contributed by atoms with Gasteiger partial charge in [0, 0.05) is 61.4 Å². The quantitative estimate of drug-likeness (QED) is 0.0333. The summed E-state index contributed by atoms with van der Waals surface area (Å²) < 4.78 is 82.5. The largest absolute Gasteiger partial charge is 0.493 e. The Bertz CT molecular complexity index is 2640. The van der Waals surface area contributed by atoms with Crippen LogP contribution in [-0.2, 0) is 37.8 Å². The van der Waals surface area contributed by atoms with Crippen molar-refractivity contribution in [1.82, 2.24) is 15.0 Å². The van der Waals surface area contributed by atoms with E-state index in [2.05, 4.69) is 35.7 Å². The lowest BCUT2D eigenvalue weighted by atomic mass is 10.1. The molecule has 0 atom stereocenters. The summed E-state index contributed by atoms with van der Waals surface area (Å²) in [6, 6.07) is 16.9. The van der Waals surface area contributed by atoms with E-state index in [0.717, 1.165) is 12.5 Å². The van der Waals surface area contributed by atoms with Crippen LogP contribution in [0.2, 0.25) is 20.1 Å². The van der Waals surface area contributed by atoms with Crippen LogP contribution in [0.15, 0.2) is 92.1 Å². The van der Waals surface area contributed by atoms with E-state index in [1.54, 1.807) is 49.6 Å². The molecule has 0 aliphatic heterocycles. The molecule has 0 aliphatic carbocycles. The minimum absolute atomic E-state index is 0.0301. The number of anilines is 1. The first kappa shape index (κ1) is 48.5. The molecule has 0 saturated heterocycles. The molecule has 5 aromatic rings. The van der Waals surface area contributed by atoms with Gasteiger partial charge in [0.1, 0.15) is 39.4 Å². The zero-order valence-corrected chi connectivity index (χ0v) is 37.8. The summed E-state index contributed by atoms with van der Waals surface area (Å²) in [5.74, 6) is 1.09. The lowest BCUT2D eigenvalue weighted by molar-refractivity contribution is 0.197. The highest BCUT2D eigenvalue weighted by Gasteiger charge is 2.19. The highest BCUT2D eigenvalue weighted by molar-refractivity contribution is 7.86. The maximum Gasteiger partial charge on any atom is 0.296 e. The molecule has 0 bridgehead atoms. The third-order valence-electron chi connectivity index (χ3n) is 8.33. The number of hydrogen-bond acceptors (Lipinski definition) is 15. The molecule has 1 aromatic heterocycles. The Hall–Kier alpha value is -4.57. The summed E-state index contributed by atoms with van der Waals surface area (Å²) in [6.45, 7) is 3.23. The Morgan fingerprint density at radius 3 is 1.77 bits per heavy atom. The number of ether oxygens (including phenoxy) is 3. The smallest absolute Gasteiger partial charge is 0.296 e. The molecular weight excluding hydrogens is 930 g/mol. The van der Waals surface area contributed by atoms with Gasteiger partial charge < -0.3 is 19.5 Å². The van der Waals surface area contributed by atoms with Crippen LogP contribution in [0.3, 0.4) is 0 Å². The summed E-state index contributed by atoms with van der Waals surface area (Å²) in [7, 11) is -7.32. The van der Waals surface area contributed by atoms with Gasteiger partial charge in [-0.1, -0.05) is 53.3 Å². The molecule has 3 N–H and O–H groups in total. The van der Waals surface area contributed by atoms with Crippen molar-refractivity contribution in [1.29, 1.82) is 0 Å². The second-order valence-corrected chi connectivity index (χ2v) is 17.9. The fourth-order valence-electron chi connectivity index (χ4n) is 5.45. The molecule has 0 aliphatic rings. The normalized spacial score (nSPS) is 12.1. The molecule has 62 heavy (non-hydrogen) atoms. The Morgan fingerprint density at radius 1 is 0.661 bits per heavy atom. The van der Waals surface area contributed by atoms with Gasteiger partial charge in [0.15, 0.2) is 0 Å². The van der Waals surface area contributed by atoms with Crippen LogP contribution >= 0.6 is 46.4 Å². The van der Waals surface area contributed by atoms with Gasteiger partial charge >= 0.3 is 0 Å². The molecule has 0 radical (unpaired) electrons. The van der Waals surface area contributed by atoms with Crippen LogP contribution in [-0.4, -0.2) is 80.1 Å². The Labute approximate surface area is 378 Å². The first-order chi connectivity index (χ1) is 29.5. The van der Waals surface area contributed by atoms with E-state index in [4.69, 9.17) is 65.6 Å². The van der Waals surface area contributed by atoms with Crippen LogP contribution in [0.25, 0.3) is 0 Å². The van der Waals surface area contributed by atoms with Crippen molar-refractivity contribution in [2.45, 2.75) is 43.9 Å².